The van der Waals surface area contributed by atoms with Crippen LogP contribution in [0.25, 0.3) is 0 Å². The van der Waals surface area contributed by atoms with Gasteiger partial charge in [0.1, 0.15) is 11.8 Å². The number of benzene rings is 3. The van der Waals surface area contributed by atoms with Gasteiger partial charge in [-0.05, 0) is 84.9 Å². The molecule has 0 aliphatic carbocycles. The van der Waals surface area contributed by atoms with E-state index in [0.717, 1.165) is 23.1 Å². The van der Waals surface area contributed by atoms with Gasteiger partial charge >= 0.3 is 0 Å². The molecule has 1 atom stereocenters. The number of nitrogens with zero attached hydrogens (tertiary/aromatic N) is 2. The number of carbonyl (C=O) groups excluding carboxylic acids is 4. The molecule has 250 valence electrons. The highest BCUT2D eigenvalue weighted by atomic mass is 79.9. The second kappa shape index (κ2) is 14.8. The van der Waals surface area contributed by atoms with Gasteiger partial charge in [0, 0.05) is 33.7 Å². The first-order chi connectivity index (χ1) is 26.2. The van der Waals surface area contributed by atoms with Crippen LogP contribution in [0.4, 0.5) is 11.4 Å². The van der Waals surface area contributed by atoms with Gasteiger partial charge in [-0.3, -0.25) is 19.2 Å². The highest BCUT2D eigenvalue weighted by molar-refractivity contribution is 9.10. The molecule has 4 rings (SSSR count). The molecular weight excluding hydrogens is 672 g/mol. The van der Waals surface area contributed by atoms with Crippen molar-refractivity contribution in [3.63, 3.8) is 0 Å². The van der Waals surface area contributed by atoms with Crippen molar-refractivity contribution in [2.75, 3.05) is 52.0 Å². The third-order valence-corrected chi connectivity index (χ3v) is 8.01. The number of nitrogens with one attached hydrogen (secondary N) is 2. The predicted octanol–water partition coefficient (Wildman–Crippen LogP) is 5.79. The number of hydrogen-bond acceptors (Lipinski definition) is 8. The Labute approximate surface area is 296 Å². The minimum Gasteiger partial charge on any atom is -0.493 e. The highest BCUT2D eigenvalue weighted by Crippen LogP contribution is 2.45. The monoisotopic (exact) mass is 720 g/mol. The molecule has 3 aromatic carbocycles. The summed E-state index contributed by atoms with van der Waals surface area (Å²) in [6, 6.07) is 7.25. The summed E-state index contributed by atoms with van der Waals surface area (Å²) in [5.41, 5.74) is 1.19. The van der Waals surface area contributed by atoms with Gasteiger partial charge in [0.2, 0.25) is 17.6 Å². The summed E-state index contributed by atoms with van der Waals surface area (Å²) in [5.74, 6) is -3.76. The zero-order valence-electron chi connectivity index (χ0n) is 36.3. The molecule has 12 nitrogen and oxygen atoms in total. The van der Waals surface area contributed by atoms with E-state index in [0.29, 0.717) is 5.75 Å². The van der Waals surface area contributed by atoms with Crippen LogP contribution in [0.5, 0.6) is 28.7 Å². The number of likely N-dealkylation sites (N-methyl/N-ethyl adjacent to an activating group) is 1. The van der Waals surface area contributed by atoms with E-state index < -0.39 is 67.7 Å². The molecule has 1 aliphatic rings. The van der Waals surface area contributed by atoms with Crippen LogP contribution in [0.15, 0.2) is 40.9 Å². The Hall–Kier alpha value is -4.78. The predicted molar refractivity (Wildman–Crippen MR) is 181 cm³/mol. The van der Waals surface area contributed by atoms with Gasteiger partial charge < -0.3 is 39.4 Å². The van der Waals surface area contributed by atoms with Crippen LogP contribution >= 0.6 is 15.9 Å². The molecule has 1 aliphatic heterocycles. The second-order valence-corrected chi connectivity index (χ2v) is 11.2. The first kappa shape index (κ1) is 23.5. The van der Waals surface area contributed by atoms with Crippen LogP contribution in [0.2, 0.25) is 0 Å². The number of anilines is 2. The van der Waals surface area contributed by atoms with E-state index in [1.165, 1.54) is 39.5 Å². The summed E-state index contributed by atoms with van der Waals surface area (Å²) in [6.45, 7) is -11.6. The molecule has 0 aromatic heterocycles. The third-order valence-electron chi connectivity index (χ3n) is 7.22. The molecule has 4 amide bonds. The summed E-state index contributed by atoms with van der Waals surface area (Å²) in [6.07, 6.45) is -1.24. The van der Waals surface area contributed by atoms with Crippen molar-refractivity contribution in [2.24, 2.45) is 0 Å². The summed E-state index contributed by atoms with van der Waals surface area (Å²) in [5, 5.41) is 5.20. The van der Waals surface area contributed by atoms with Crippen molar-refractivity contribution >= 4 is 50.9 Å². The number of aryl methyl sites for hydroxylation is 2. The maximum Gasteiger partial charge on any atom is 0.257 e. The fraction of sp³-hybridized carbons (Fsp3) is 0.353. The molecule has 2 N–H and O–H groups in total. The second-order valence-electron chi connectivity index (χ2n) is 10.4. The zero-order valence-corrected chi connectivity index (χ0v) is 27.9. The minimum absolute atomic E-state index is 0.00797. The van der Waals surface area contributed by atoms with Crippen molar-refractivity contribution in [3.8, 4) is 28.7 Å². The molecule has 13 heteroatoms. The highest BCUT2D eigenvalue weighted by Gasteiger charge is 2.36. The lowest BCUT2D eigenvalue weighted by Crippen LogP contribution is -2.46. The number of halogens is 1. The van der Waals surface area contributed by atoms with Crippen molar-refractivity contribution in [2.45, 2.75) is 40.0 Å². The molecule has 1 heterocycles. The molecule has 0 saturated carbocycles. The van der Waals surface area contributed by atoms with Gasteiger partial charge in [-0.1, -0.05) is 6.07 Å². The smallest absolute Gasteiger partial charge is 0.257 e. The molecule has 0 bridgehead atoms. The Morgan fingerprint density at radius 2 is 1.64 bits per heavy atom. The number of carbonyl (C=O) groups is 4. The fourth-order valence-corrected chi connectivity index (χ4v) is 5.64. The Kier molecular flexibility index (Phi) is 7.39. The van der Waals surface area contributed by atoms with E-state index in [1.54, 1.807) is 12.1 Å². The van der Waals surface area contributed by atoms with E-state index >= 15 is 0 Å². The van der Waals surface area contributed by atoms with E-state index in [2.05, 4.69) is 26.6 Å². The number of fused-ring (bicyclic) bond motifs is 1. The minimum atomic E-state index is -3.88. The molecule has 0 saturated heterocycles. The van der Waals surface area contributed by atoms with Crippen LogP contribution < -0.4 is 29.6 Å². The van der Waals surface area contributed by atoms with Crippen LogP contribution in [-0.4, -0.2) is 80.8 Å². The maximum atomic E-state index is 14.1. The number of rotatable bonds is 11. The van der Waals surface area contributed by atoms with Crippen molar-refractivity contribution in [1.29, 1.82) is 0 Å². The van der Waals surface area contributed by atoms with Crippen LogP contribution in [0.3, 0.4) is 0 Å². The van der Waals surface area contributed by atoms with Crippen molar-refractivity contribution in [3.05, 3.63) is 63.1 Å². The third kappa shape index (κ3) is 7.30. The zero-order chi connectivity index (χ0) is 43.2. The molecular formula is C34H39BrN4O8. The van der Waals surface area contributed by atoms with Gasteiger partial charge in [0.25, 0.3) is 11.8 Å². The van der Waals surface area contributed by atoms with E-state index in [9.17, 15) is 19.2 Å². The lowest BCUT2D eigenvalue weighted by molar-refractivity contribution is -0.134. The number of ether oxygens (including phenoxy) is 4. The van der Waals surface area contributed by atoms with E-state index in [-0.39, 0.29) is 50.0 Å². The summed E-state index contributed by atoms with van der Waals surface area (Å²) >= 11 is 3.37. The average molecular weight is 722 g/mol. The van der Waals surface area contributed by atoms with Gasteiger partial charge in [-0.15, -0.1) is 0 Å². The molecule has 3 aromatic rings. The van der Waals surface area contributed by atoms with Crippen LogP contribution in [-0.2, 0) is 9.59 Å². The van der Waals surface area contributed by atoms with Crippen LogP contribution in [0.1, 0.15) is 65.7 Å². The normalized spacial score (nSPS) is 18.4. The summed E-state index contributed by atoms with van der Waals surface area (Å²) < 4.78 is 101. The van der Waals surface area contributed by atoms with Crippen LogP contribution in [0, 0.1) is 13.8 Å². The largest absolute Gasteiger partial charge is 0.493 e. The van der Waals surface area contributed by atoms with Gasteiger partial charge in [0.15, 0.2) is 17.2 Å². The maximum absolute atomic E-state index is 14.1. The molecule has 47 heavy (non-hydrogen) atoms. The summed E-state index contributed by atoms with van der Waals surface area (Å²) in [4.78, 5) is 55.7. The number of hydrogen-bond donors (Lipinski definition) is 2. The molecule has 0 fully saturated rings. The van der Waals surface area contributed by atoms with Gasteiger partial charge in [-0.2, -0.15) is 0 Å². The SMILES string of the molecule is [2H]C([2H])([2H])C([2H])([2H])N(C(=O)C[C@H]1C(=O)Nc2cc(NC(=O)c3cc(OC)c(OC)c(OC)c3Br)c(Oc3cc(C)cc(C)c3)cc2C(=O)N1C)C([2H])([2H])C([2H])([2H])[2H]. The van der Waals surface area contributed by atoms with Gasteiger partial charge in [-0.25, -0.2) is 0 Å². The standard InChI is InChI=1S/C34H39BrN4O8/c1-9-39(10-2)28(40)17-25-33(42)36-23-16-24(37-32(41)22-15-27(44-6)30(45-7)31(46-8)29(22)35)26(14-21(23)34(43)38(25)5)47-20-12-18(3)11-19(4)13-20/h11-16,25H,9-10,17H2,1-8H3,(H,36,42)(H,37,41)/t25-/m0/s1/i1D3,2D3,9D2,10D2. The van der Waals surface area contributed by atoms with Gasteiger partial charge in [0.05, 0.1) is 54.7 Å². The first-order valence-electron chi connectivity index (χ1n) is 18.9. The lowest BCUT2D eigenvalue weighted by Gasteiger charge is -2.27. The molecule has 0 unspecified atom stereocenters. The number of amides is 4. The Bertz CT molecular complexity index is 2070. The molecule has 0 radical (unpaired) electrons. The summed E-state index contributed by atoms with van der Waals surface area (Å²) in [7, 11) is 5.21. The fourth-order valence-electron chi connectivity index (χ4n) is 5.00. The lowest BCUT2D eigenvalue weighted by atomic mass is 10.1. The Balaban J connectivity index is 1.83. The van der Waals surface area contributed by atoms with E-state index in [1.807, 2.05) is 19.9 Å². The van der Waals surface area contributed by atoms with Crippen molar-refractivity contribution < 1.29 is 51.8 Å². The average Bonchev–Trinajstić information content (AvgIpc) is 3.16. The Morgan fingerprint density at radius 3 is 2.23 bits per heavy atom. The number of methoxy groups -OCH3 is 3. The quantitative estimate of drug-likeness (QED) is 0.254. The Morgan fingerprint density at radius 1 is 0.979 bits per heavy atom. The topological polar surface area (TPSA) is 136 Å². The first-order valence-corrected chi connectivity index (χ1v) is 14.7. The van der Waals surface area contributed by atoms with E-state index in [4.69, 9.17) is 32.7 Å². The molecule has 0 spiro atoms. The van der Waals surface area contributed by atoms with Crippen molar-refractivity contribution in [1.82, 2.24) is 9.80 Å².